The van der Waals surface area contributed by atoms with Gasteiger partial charge in [-0.3, -0.25) is 0 Å². The lowest BCUT2D eigenvalue weighted by Crippen LogP contribution is -2.34. The maximum atomic E-state index is 6.17. The Hall–Kier alpha value is -0.760. The van der Waals surface area contributed by atoms with E-state index in [1.807, 2.05) is 19.1 Å². The number of benzene rings is 1. The van der Waals surface area contributed by atoms with Crippen LogP contribution in [0.4, 0.5) is 0 Å². The molecular weight excluding hydrogens is 469 g/mol. The van der Waals surface area contributed by atoms with Gasteiger partial charge in [-0.2, -0.15) is 0 Å². The van der Waals surface area contributed by atoms with E-state index in [4.69, 9.17) is 40.5 Å². The molecule has 1 atom stereocenters. The quantitative estimate of drug-likeness (QED) is 0.282. The number of hydrogen-bond acceptors (Lipinski definition) is 2. The Morgan fingerprint density at radius 2 is 2.00 bits per heavy atom. The highest BCUT2D eigenvalue weighted by Crippen LogP contribution is 2.25. The van der Waals surface area contributed by atoms with Crippen molar-refractivity contribution in [3.05, 3.63) is 62.9 Å². The van der Waals surface area contributed by atoms with Crippen LogP contribution < -0.4 is 11.1 Å². The maximum Gasteiger partial charge on any atom is 0.189 e. The fourth-order valence-electron chi connectivity index (χ4n) is 1.87. The highest BCUT2D eigenvalue weighted by atomic mass is 127. The van der Waals surface area contributed by atoms with E-state index in [0.29, 0.717) is 27.7 Å². The smallest absolute Gasteiger partial charge is 0.189 e. The molecular formula is C15H16Cl3IN4. The number of nitrogens with two attached hydrogens (primary N) is 1. The van der Waals surface area contributed by atoms with Gasteiger partial charge in [-0.05, 0) is 36.2 Å². The molecule has 0 aliphatic heterocycles. The summed E-state index contributed by atoms with van der Waals surface area (Å²) >= 11 is 17.8. The van der Waals surface area contributed by atoms with Gasteiger partial charge in [0.15, 0.2) is 5.96 Å². The lowest BCUT2D eigenvalue weighted by molar-refractivity contribution is 0.708. The van der Waals surface area contributed by atoms with Crippen molar-refractivity contribution >= 4 is 64.7 Å². The molecule has 4 nitrogen and oxygen atoms in total. The molecule has 23 heavy (non-hydrogen) atoms. The molecule has 0 saturated heterocycles. The summed E-state index contributed by atoms with van der Waals surface area (Å²) in [7, 11) is 0. The number of aliphatic imine (C=N–C) groups is 1. The first kappa shape index (κ1) is 20.3. The zero-order valence-corrected chi connectivity index (χ0v) is 16.9. The van der Waals surface area contributed by atoms with Gasteiger partial charge < -0.3 is 11.1 Å². The average Bonchev–Trinajstić information content (AvgIpc) is 2.46. The van der Waals surface area contributed by atoms with E-state index in [1.165, 1.54) is 0 Å². The fraction of sp³-hybridized carbons (Fsp3) is 0.200. The third kappa shape index (κ3) is 6.33. The van der Waals surface area contributed by atoms with Crippen LogP contribution in [0.15, 0.2) is 41.5 Å². The van der Waals surface area contributed by atoms with E-state index in [9.17, 15) is 0 Å². The zero-order chi connectivity index (χ0) is 16.1. The van der Waals surface area contributed by atoms with Crippen LogP contribution in [-0.4, -0.2) is 10.9 Å². The Bertz CT molecular complexity index is 677. The topological polar surface area (TPSA) is 63.3 Å². The Morgan fingerprint density at radius 3 is 2.61 bits per heavy atom. The molecule has 2 rings (SSSR count). The second-order valence-electron chi connectivity index (χ2n) is 4.72. The summed E-state index contributed by atoms with van der Waals surface area (Å²) in [5.41, 5.74) is 7.72. The molecule has 2 aromatic rings. The van der Waals surface area contributed by atoms with Crippen molar-refractivity contribution in [2.75, 3.05) is 0 Å². The predicted octanol–water partition coefficient (Wildman–Crippen LogP) is 4.83. The van der Waals surface area contributed by atoms with Crippen LogP contribution in [0.1, 0.15) is 24.1 Å². The minimum atomic E-state index is -0.0862. The average molecular weight is 486 g/mol. The molecule has 1 aromatic heterocycles. The van der Waals surface area contributed by atoms with Gasteiger partial charge in [0.2, 0.25) is 0 Å². The largest absolute Gasteiger partial charge is 0.370 e. The van der Waals surface area contributed by atoms with Crippen LogP contribution in [0, 0.1) is 0 Å². The highest BCUT2D eigenvalue weighted by Gasteiger charge is 2.10. The van der Waals surface area contributed by atoms with E-state index in [1.54, 1.807) is 24.4 Å². The molecule has 0 aliphatic rings. The predicted molar refractivity (Wildman–Crippen MR) is 108 cm³/mol. The highest BCUT2D eigenvalue weighted by molar-refractivity contribution is 14.0. The third-order valence-corrected chi connectivity index (χ3v) is 3.80. The Labute approximate surface area is 167 Å². The molecule has 0 amide bonds. The summed E-state index contributed by atoms with van der Waals surface area (Å²) in [5, 5.41) is 4.72. The number of aromatic nitrogens is 1. The minimum Gasteiger partial charge on any atom is -0.370 e. The lowest BCUT2D eigenvalue weighted by Gasteiger charge is -2.16. The number of rotatable bonds is 4. The number of pyridine rings is 1. The van der Waals surface area contributed by atoms with Crippen LogP contribution >= 0.6 is 58.8 Å². The molecule has 3 N–H and O–H groups in total. The molecule has 0 saturated carbocycles. The van der Waals surface area contributed by atoms with Crippen LogP contribution in [0.5, 0.6) is 0 Å². The van der Waals surface area contributed by atoms with Crippen LogP contribution in [0.25, 0.3) is 0 Å². The summed E-state index contributed by atoms with van der Waals surface area (Å²) in [6.07, 6.45) is 1.67. The van der Waals surface area contributed by atoms with Crippen LogP contribution in [0.3, 0.4) is 0 Å². The van der Waals surface area contributed by atoms with Crippen molar-refractivity contribution in [1.29, 1.82) is 0 Å². The monoisotopic (exact) mass is 484 g/mol. The molecule has 0 aliphatic carbocycles. The summed E-state index contributed by atoms with van der Waals surface area (Å²) in [5.74, 6) is 0.327. The van der Waals surface area contributed by atoms with Gasteiger partial charge in [0.1, 0.15) is 5.15 Å². The summed E-state index contributed by atoms with van der Waals surface area (Å²) < 4.78 is 0. The van der Waals surface area contributed by atoms with E-state index in [-0.39, 0.29) is 30.0 Å². The SMILES string of the molecule is CC(NC(N)=NCc1ccc(Cl)nc1)c1ccc(Cl)cc1Cl.I. The second kappa shape index (κ2) is 9.52. The fourth-order valence-corrected chi connectivity index (χ4v) is 2.56. The third-order valence-electron chi connectivity index (χ3n) is 3.01. The minimum absolute atomic E-state index is 0. The number of guanidine groups is 1. The zero-order valence-electron chi connectivity index (χ0n) is 12.3. The van der Waals surface area contributed by atoms with Crippen molar-refractivity contribution < 1.29 is 0 Å². The molecule has 1 aromatic carbocycles. The van der Waals surface area contributed by atoms with Crippen molar-refractivity contribution in [3.8, 4) is 0 Å². The molecule has 0 fully saturated rings. The molecule has 0 bridgehead atoms. The van der Waals surface area contributed by atoms with Crippen molar-refractivity contribution in [3.63, 3.8) is 0 Å². The first-order valence-electron chi connectivity index (χ1n) is 6.57. The normalized spacial score (nSPS) is 12.4. The molecule has 1 heterocycles. The van der Waals surface area contributed by atoms with Gasteiger partial charge in [0, 0.05) is 16.2 Å². The van der Waals surface area contributed by atoms with Gasteiger partial charge in [-0.1, -0.05) is 46.9 Å². The standard InChI is InChI=1S/C15H15Cl3N4.HI/c1-9(12-4-3-11(16)6-13(12)17)22-15(19)21-8-10-2-5-14(18)20-7-10;/h2-7,9H,8H2,1H3,(H3,19,21,22);1H. The van der Waals surface area contributed by atoms with Gasteiger partial charge in [0.05, 0.1) is 12.6 Å². The summed E-state index contributed by atoms with van der Waals surface area (Å²) in [4.78, 5) is 8.26. The summed E-state index contributed by atoms with van der Waals surface area (Å²) in [6.45, 7) is 2.37. The Balaban J connectivity index is 0.00000264. The molecule has 1 unspecified atom stereocenters. The number of halogens is 4. The van der Waals surface area contributed by atoms with Gasteiger partial charge in [-0.25, -0.2) is 9.98 Å². The molecule has 8 heteroatoms. The molecule has 0 radical (unpaired) electrons. The van der Waals surface area contributed by atoms with Crippen molar-refractivity contribution in [1.82, 2.24) is 10.3 Å². The Kier molecular flexibility index (Phi) is 8.39. The van der Waals surface area contributed by atoms with Crippen molar-refractivity contribution in [2.24, 2.45) is 10.7 Å². The van der Waals surface area contributed by atoms with E-state index in [2.05, 4.69) is 15.3 Å². The van der Waals surface area contributed by atoms with E-state index < -0.39 is 0 Å². The van der Waals surface area contributed by atoms with E-state index in [0.717, 1.165) is 11.1 Å². The first-order valence-corrected chi connectivity index (χ1v) is 7.71. The lowest BCUT2D eigenvalue weighted by atomic mass is 10.1. The second-order valence-corrected chi connectivity index (χ2v) is 5.95. The summed E-state index contributed by atoms with van der Waals surface area (Å²) in [6, 6.07) is 8.82. The first-order chi connectivity index (χ1) is 10.5. The van der Waals surface area contributed by atoms with E-state index >= 15 is 0 Å². The van der Waals surface area contributed by atoms with Gasteiger partial charge in [0.25, 0.3) is 0 Å². The van der Waals surface area contributed by atoms with Gasteiger partial charge in [-0.15, -0.1) is 24.0 Å². The number of hydrogen-bond donors (Lipinski definition) is 2. The molecule has 124 valence electrons. The Morgan fingerprint density at radius 1 is 1.26 bits per heavy atom. The van der Waals surface area contributed by atoms with Gasteiger partial charge >= 0.3 is 0 Å². The van der Waals surface area contributed by atoms with Crippen LogP contribution in [0.2, 0.25) is 15.2 Å². The number of nitrogens with zero attached hydrogens (tertiary/aromatic N) is 2. The van der Waals surface area contributed by atoms with Crippen molar-refractivity contribution in [2.45, 2.75) is 19.5 Å². The maximum absolute atomic E-state index is 6.17. The number of nitrogens with one attached hydrogen (secondary N) is 1. The molecule has 0 spiro atoms. The van der Waals surface area contributed by atoms with Crippen LogP contribution in [-0.2, 0) is 6.54 Å².